The van der Waals surface area contributed by atoms with Crippen LogP contribution in [0.25, 0.3) is 0 Å². The van der Waals surface area contributed by atoms with E-state index in [4.69, 9.17) is 16.4 Å². The highest BCUT2D eigenvalue weighted by Crippen LogP contribution is 2.18. The summed E-state index contributed by atoms with van der Waals surface area (Å²) in [7, 11) is 0. The maximum Gasteiger partial charge on any atom is 0.348 e. The lowest BCUT2D eigenvalue weighted by molar-refractivity contribution is 0.0399. The Kier molecular flexibility index (Phi) is 4.50. The Morgan fingerprint density at radius 3 is 1.52 bits per heavy atom. The van der Waals surface area contributed by atoms with E-state index in [1.807, 2.05) is 0 Å². The summed E-state index contributed by atoms with van der Waals surface area (Å²) in [5.74, 6) is 9.00. The highest BCUT2D eigenvalue weighted by atomic mass is 16.6. The fourth-order valence-corrected chi connectivity index (χ4v) is 1.77. The summed E-state index contributed by atoms with van der Waals surface area (Å²) in [6.45, 7) is 0. The van der Waals surface area contributed by atoms with Crippen molar-refractivity contribution in [1.82, 2.24) is 0 Å². The molecule has 0 aliphatic rings. The van der Waals surface area contributed by atoms with Gasteiger partial charge in [0.1, 0.15) is 0 Å². The predicted molar refractivity (Wildman–Crippen MR) is 78.3 cm³/mol. The highest BCUT2D eigenvalue weighted by Gasteiger charge is 2.19. The van der Waals surface area contributed by atoms with Gasteiger partial charge in [-0.05, 0) is 24.3 Å². The van der Waals surface area contributed by atoms with Gasteiger partial charge in [-0.1, -0.05) is 24.3 Å². The van der Waals surface area contributed by atoms with Crippen LogP contribution < -0.4 is 22.5 Å². The summed E-state index contributed by atoms with van der Waals surface area (Å²) in [6, 6.07) is 12.8. The molecule has 0 heterocycles. The first kappa shape index (κ1) is 14.5. The zero-order chi connectivity index (χ0) is 15.2. The molecular formula is C14H14N4O3. The van der Waals surface area contributed by atoms with E-state index in [-0.39, 0.29) is 11.1 Å². The van der Waals surface area contributed by atoms with Crippen molar-refractivity contribution in [3.63, 3.8) is 0 Å². The van der Waals surface area contributed by atoms with Crippen LogP contribution in [0.15, 0.2) is 48.5 Å². The topological polar surface area (TPSA) is 119 Å². The van der Waals surface area contributed by atoms with Crippen molar-refractivity contribution in [3.8, 4) is 0 Å². The maximum atomic E-state index is 12.0. The van der Waals surface area contributed by atoms with Crippen LogP contribution in [0.3, 0.4) is 0 Å². The Morgan fingerprint density at radius 2 is 1.14 bits per heavy atom. The molecule has 7 nitrogen and oxygen atoms in total. The molecule has 2 rings (SSSR count). The van der Waals surface area contributed by atoms with Gasteiger partial charge in [-0.25, -0.2) is 9.59 Å². The molecule has 0 spiro atoms. The van der Waals surface area contributed by atoms with E-state index in [0.717, 1.165) is 0 Å². The van der Waals surface area contributed by atoms with Crippen molar-refractivity contribution in [2.24, 2.45) is 11.7 Å². The second-order valence-electron chi connectivity index (χ2n) is 4.06. The number of esters is 2. The third-order valence-electron chi connectivity index (χ3n) is 2.79. The van der Waals surface area contributed by atoms with Crippen molar-refractivity contribution in [2.45, 2.75) is 0 Å². The number of nitrogens with two attached hydrogens (primary N) is 2. The van der Waals surface area contributed by atoms with E-state index in [0.29, 0.717) is 11.4 Å². The monoisotopic (exact) mass is 286 g/mol. The lowest BCUT2D eigenvalue weighted by Crippen LogP contribution is -2.18. The number of hydrazine groups is 2. The molecule has 108 valence electrons. The molecule has 0 aromatic heterocycles. The second kappa shape index (κ2) is 6.51. The Balaban J connectivity index is 2.21. The van der Waals surface area contributed by atoms with Gasteiger partial charge in [-0.3, -0.25) is 11.7 Å². The number of ether oxygens (including phenoxy) is 1. The van der Waals surface area contributed by atoms with Crippen LogP contribution in [0.4, 0.5) is 11.4 Å². The van der Waals surface area contributed by atoms with Crippen LogP contribution in [-0.4, -0.2) is 11.9 Å². The van der Waals surface area contributed by atoms with Gasteiger partial charge in [0.2, 0.25) is 0 Å². The number of benzene rings is 2. The molecule has 0 unspecified atom stereocenters. The SMILES string of the molecule is NNc1ccccc1C(=O)OC(=O)c1ccccc1NN. The lowest BCUT2D eigenvalue weighted by Gasteiger charge is -2.09. The number of hydrogen-bond donors (Lipinski definition) is 4. The number of carbonyl (C=O) groups excluding carboxylic acids is 2. The second-order valence-corrected chi connectivity index (χ2v) is 4.06. The van der Waals surface area contributed by atoms with E-state index in [1.165, 1.54) is 12.1 Å². The summed E-state index contributed by atoms with van der Waals surface area (Å²) in [5.41, 5.74) is 5.78. The summed E-state index contributed by atoms with van der Waals surface area (Å²) in [6.07, 6.45) is 0. The Bertz CT molecular complexity index is 615. The summed E-state index contributed by atoms with van der Waals surface area (Å²) in [5, 5.41) is 0. The average Bonchev–Trinajstić information content (AvgIpc) is 2.54. The van der Waals surface area contributed by atoms with E-state index >= 15 is 0 Å². The van der Waals surface area contributed by atoms with Crippen LogP contribution >= 0.6 is 0 Å². The highest BCUT2D eigenvalue weighted by molar-refractivity contribution is 6.07. The fourth-order valence-electron chi connectivity index (χ4n) is 1.77. The molecule has 0 amide bonds. The van der Waals surface area contributed by atoms with Crippen molar-refractivity contribution >= 4 is 23.3 Å². The van der Waals surface area contributed by atoms with E-state index in [2.05, 4.69) is 10.9 Å². The van der Waals surface area contributed by atoms with Crippen LogP contribution in [0.2, 0.25) is 0 Å². The lowest BCUT2D eigenvalue weighted by atomic mass is 10.1. The predicted octanol–water partition coefficient (Wildman–Crippen LogP) is 1.25. The third-order valence-corrected chi connectivity index (χ3v) is 2.79. The van der Waals surface area contributed by atoms with Crippen molar-refractivity contribution < 1.29 is 14.3 Å². The summed E-state index contributed by atoms with van der Waals surface area (Å²) >= 11 is 0. The first-order valence-electron chi connectivity index (χ1n) is 6.05. The minimum absolute atomic E-state index is 0.159. The molecule has 7 heteroatoms. The van der Waals surface area contributed by atoms with E-state index < -0.39 is 11.9 Å². The molecule has 0 atom stereocenters. The molecule has 0 saturated heterocycles. The normalized spacial score (nSPS) is 9.81. The Hall–Kier alpha value is -2.90. The number of rotatable bonds is 4. The first-order valence-corrected chi connectivity index (χ1v) is 6.05. The standard InChI is InChI=1S/C14H14N4O3/c15-17-11-7-3-1-5-9(11)13(19)21-14(20)10-6-2-4-8-12(10)18-16/h1-8,17-18H,15-16H2. The molecule has 0 aliphatic carbocycles. The average molecular weight is 286 g/mol. The molecular weight excluding hydrogens is 272 g/mol. The van der Waals surface area contributed by atoms with Crippen LogP contribution in [-0.2, 0) is 4.74 Å². The van der Waals surface area contributed by atoms with Crippen LogP contribution in [0, 0.1) is 0 Å². The largest absolute Gasteiger partial charge is 0.386 e. The smallest absolute Gasteiger partial charge is 0.348 e. The van der Waals surface area contributed by atoms with Gasteiger partial charge >= 0.3 is 11.9 Å². The van der Waals surface area contributed by atoms with Gasteiger partial charge in [0.15, 0.2) is 0 Å². The Labute approximate surface area is 120 Å². The molecule has 2 aromatic carbocycles. The van der Waals surface area contributed by atoms with Gasteiger partial charge in [0.25, 0.3) is 0 Å². The third kappa shape index (κ3) is 3.16. The summed E-state index contributed by atoms with van der Waals surface area (Å²) in [4.78, 5) is 24.0. The molecule has 2 aromatic rings. The minimum atomic E-state index is -0.805. The zero-order valence-corrected chi connectivity index (χ0v) is 11.0. The maximum absolute atomic E-state index is 12.0. The van der Waals surface area contributed by atoms with Gasteiger partial charge in [0, 0.05) is 0 Å². The Morgan fingerprint density at radius 1 is 0.762 bits per heavy atom. The first-order chi connectivity index (χ1) is 10.2. The number of carbonyl (C=O) groups is 2. The molecule has 0 aliphatic heterocycles. The number of nitrogen functional groups attached to an aromatic ring is 2. The van der Waals surface area contributed by atoms with Crippen molar-refractivity contribution in [3.05, 3.63) is 59.7 Å². The fraction of sp³-hybridized carbons (Fsp3) is 0. The van der Waals surface area contributed by atoms with Crippen molar-refractivity contribution in [2.75, 3.05) is 10.9 Å². The number of para-hydroxylation sites is 2. The molecule has 0 radical (unpaired) electrons. The number of hydrogen-bond acceptors (Lipinski definition) is 7. The van der Waals surface area contributed by atoms with E-state index in [1.54, 1.807) is 36.4 Å². The van der Waals surface area contributed by atoms with Gasteiger partial charge in [-0.2, -0.15) is 0 Å². The van der Waals surface area contributed by atoms with Gasteiger partial charge in [0.05, 0.1) is 22.5 Å². The molecule has 6 N–H and O–H groups in total. The number of anilines is 2. The molecule has 0 fully saturated rings. The van der Waals surface area contributed by atoms with Crippen LogP contribution in [0.1, 0.15) is 20.7 Å². The summed E-state index contributed by atoms with van der Waals surface area (Å²) < 4.78 is 4.84. The molecule has 0 saturated carbocycles. The van der Waals surface area contributed by atoms with Crippen molar-refractivity contribution in [1.29, 1.82) is 0 Å². The minimum Gasteiger partial charge on any atom is -0.386 e. The van der Waals surface area contributed by atoms with Gasteiger partial charge < -0.3 is 15.6 Å². The van der Waals surface area contributed by atoms with Gasteiger partial charge in [-0.15, -0.1) is 0 Å². The number of nitrogens with one attached hydrogen (secondary N) is 2. The van der Waals surface area contributed by atoms with Crippen LogP contribution in [0.5, 0.6) is 0 Å². The molecule has 21 heavy (non-hydrogen) atoms. The quantitative estimate of drug-likeness (QED) is 0.289. The van der Waals surface area contributed by atoms with E-state index in [9.17, 15) is 9.59 Å². The molecule has 0 bridgehead atoms. The zero-order valence-electron chi connectivity index (χ0n) is 11.0.